The van der Waals surface area contributed by atoms with Crippen LogP contribution in [0, 0.1) is 0 Å². The van der Waals surface area contributed by atoms with E-state index < -0.39 is 0 Å². The number of thiophene rings is 1. The van der Waals surface area contributed by atoms with Crippen molar-refractivity contribution in [2.45, 2.75) is 25.4 Å². The van der Waals surface area contributed by atoms with Crippen LogP contribution in [0.25, 0.3) is 0 Å². The highest BCUT2D eigenvalue weighted by molar-refractivity contribution is 7.07. The van der Waals surface area contributed by atoms with Crippen molar-refractivity contribution in [3.05, 3.63) is 34.8 Å². The molecule has 0 aromatic carbocycles. The first-order valence-electron chi connectivity index (χ1n) is 6.81. The van der Waals surface area contributed by atoms with Crippen molar-refractivity contribution in [2.75, 3.05) is 23.4 Å². The van der Waals surface area contributed by atoms with Gasteiger partial charge in [0.15, 0.2) is 0 Å². The predicted octanol–water partition coefficient (Wildman–Crippen LogP) is 2.11. The van der Waals surface area contributed by atoms with Gasteiger partial charge in [0.05, 0.1) is 12.6 Å². The number of hydrogen-bond acceptors (Lipinski definition) is 6. The molecule has 0 saturated carbocycles. The lowest BCUT2D eigenvalue weighted by atomic mass is 10.2. The molecule has 2 aromatic heterocycles. The third-order valence-corrected chi connectivity index (χ3v) is 4.32. The molecular weight excluding hydrogens is 272 g/mol. The SMILES string of the molecule is OC[C@H]1CCCN1c1cc(NCc2ccsc2)ncn1. The molecule has 0 radical (unpaired) electrons. The van der Waals surface area contributed by atoms with Gasteiger partial charge >= 0.3 is 0 Å². The van der Waals surface area contributed by atoms with Crippen LogP contribution < -0.4 is 10.2 Å². The largest absolute Gasteiger partial charge is 0.394 e. The minimum absolute atomic E-state index is 0.182. The van der Waals surface area contributed by atoms with Crippen LogP contribution in [0.3, 0.4) is 0 Å². The van der Waals surface area contributed by atoms with Crippen molar-refractivity contribution >= 4 is 23.0 Å². The van der Waals surface area contributed by atoms with E-state index >= 15 is 0 Å². The lowest BCUT2D eigenvalue weighted by Gasteiger charge is -2.24. The van der Waals surface area contributed by atoms with E-state index in [1.165, 1.54) is 5.56 Å². The second-order valence-corrected chi connectivity index (χ2v) is 5.70. The highest BCUT2D eigenvalue weighted by Gasteiger charge is 2.25. The van der Waals surface area contributed by atoms with E-state index in [2.05, 4.69) is 37.0 Å². The van der Waals surface area contributed by atoms with E-state index in [1.807, 2.05) is 6.07 Å². The van der Waals surface area contributed by atoms with E-state index in [4.69, 9.17) is 0 Å². The van der Waals surface area contributed by atoms with Crippen molar-refractivity contribution < 1.29 is 5.11 Å². The molecule has 0 bridgehead atoms. The van der Waals surface area contributed by atoms with E-state index in [9.17, 15) is 5.11 Å². The Balaban J connectivity index is 1.69. The maximum absolute atomic E-state index is 9.40. The zero-order valence-corrected chi connectivity index (χ0v) is 12.0. The molecule has 106 valence electrons. The summed E-state index contributed by atoms with van der Waals surface area (Å²) in [5.41, 5.74) is 1.25. The highest BCUT2D eigenvalue weighted by atomic mass is 32.1. The van der Waals surface area contributed by atoms with Crippen LogP contribution in [0.2, 0.25) is 0 Å². The van der Waals surface area contributed by atoms with Crippen molar-refractivity contribution in [1.29, 1.82) is 0 Å². The second kappa shape index (κ2) is 6.19. The number of hydrogen-bond donors (Lipinski definition) is 2. The van der Waals surface area contributed by atoms with Crippen LogP contribution in [0.15, 0.2) is 29.2 Å². The monoisotopic (exact) mass is 290 g/mol. The van der Waals surface area contributed by atoms with Gasteiger partial charge in [-0.3, -0.25) is 0 Å². The van der Waals surface area contributed by atoms with Crippen LogP contribution in [-0.4, -0.2) is 34.3 Å². The summed E-state index contributed by atoms with van der Waals surface area (Å²) in [7, 11) is 0. The Kier molecular flexibility index (Phi) is 4.13. The molecule has 1 saturated heterocycles. The first-order valence-corrected chi connectivity index (χ1v) is 7.75. The minimum Gasteiger partial charge on any atom is -0.394 e. The van der Waals surface area contributed by atoms with Gasteiger partial charge < -0.3 is 15.3 Å². The Morgan fingerprint density at radius 3 is 3.20 bits per heavy atom. The summed E-state index contributed by atoms with van der Waals surface area (Å²) >= 11 is 1.69. The maximum atomic E-state index is 9.40. The van der Waals surface area contributed by atoms with Gasteiger partial charge in [-0.05, 0) is 35.2 Å². The van der Waals surface area contributed by atoms with Gasteiger partial charge in [-0.25, -0.2) is 9.97 Å². The zero-order chi connectivity index (χ0) is 13.8. The minimum atomic E-state index is 0.182. The fraction of sp³-hybridized carbons (Fsp3) is 0.429. The number of nitrogens with one attached hydrogen (secondary N) is 1. The number of rotatable bonds is 5. The topological polar surface area (TPSA) is 61.3 Å². The summed E-state index contributed by atoms with van der Waals surface area (Å²) < 4.78 is 0. The molecule has 0 amide bonds. The molecule has 0 unspecified atom stereocenters. The van der Waals surface area contributed by atoms with Crippen molar-refractivity contribution in [1.82, 2.24) is 9.97 Å². The van der Waals surface area contributed by atoms with Crippen LogP contribution in [0.1, 0.15) is 18.4 Å². The van der Waals surface area contributed by atoms with Crippen LogP contribution in [-0.2, 0) is 6.54 Å². The van der Waals surface area contributed by atoms with Crippen LogP contribution in [0.4, 0.5) is 11.6 Å². The standard InChI is InChI=1S/C14H18N4OS/c19-8-12-2-1-4-18(12)14-6-13(16-10-17-14)15-7-11-3-5-20-9-11/h3,5-6,9-10,12,19H,1-2,4,7-8H2,(H,15,16,17)/t12-/m1/s1. The molecule has 5 nitrogen and oxygen atoms in total. The Labute approximate surface area is 122 Å². The summed E-state index contributed by atoms with van der Waals surface area (Å²) in [6, 6.07) is 4.25. The third kappa shape index (κ3) is 2.91. The molecule has 0 spiro atoms. The molecule has 3 heterocycles. The lowest BCUT2D eigenvalue weighted by molar-refractivity contribution is 0.266. The highest BCUT2D eigenvalue weighted by Crippen LogP contribution is 2.24. The average Bonchev–Trinajstić information content (AvgIpc) is 3.16. The molecule has 6 heteroatoms. The van der Waals surface area contributed by atoms with Crippen molar-refractivity contribution in [2.24, 2.45) is 0 Å². The lowest BCUT2D eigenvalue weighted by Crippen LogP contribution is -2.32. The van der Waals surface area contributed by atoms with Gasteiger partial charge in [0.2, 0.25) is 0 Å². The molecule has 1 atom stereocenters. The number of anilines is 2. The molecule has 1 fully saturated rings. The van der Waals surface area contributed by atoms with Crippen LogP contribution >= 0.6 is 11.3 Å². The molecular formula is C14H18N4OS. The molecule has 1 aliphatic heterocycles. The second-order valence-electron chi connectivity index (χ2n) is 4.92. The number of aliphatic hydroxyl groups excluding tert-OH is 1. The van der Waals surface area contributed by atoms with Crippen molar-refractivity contribution in [3.63, 3.8) is 0 Å². The Bertz CT molecular complexity index is 546. The van der Waals surface area contributed by atoms with E-state index in [0.29, 0.717) is 0 Å². The van der Waals surface area contributed by atoms with Gasteiger partial charge in [0.25, 0.3) is 0 Å². The van der Waals surface area contributed by atoms with Gasteiger partial charge in [-0.1, -0.05) is 0 Å². The van der Waals surface area contributed by atoms with Gasteiger partial charge in [0, 0.05) is 19.2 Å². The number of aliphatic hydroxyl groups is 1. The van der Waals surface area contributed by atoms with Gasteiger partial charge in [-0.15, -0.1) is 0 Å². The zero-order valence-electron chi connectivity index (χ0n) is 11.2. The summed E-state index contributed by atoms with van der Waals surface area (Å²) in [4.78, 5) is 10.7. The number of aromatic nitrogens is 2. The van der Waals surface area contributed by atoms with Crippen LogP contribution in [0.5, 0.6) is 0 Å². The normalized spacial score (nSPS) is 18.4. The first kappa shape index (κ1) is 13.3. The summed E-state index contributed by atoms with van der Waals surface area (Å²) in [6.45, 7) is 1.90. The van der Waals surface area contributed by atoms with Crippen molar-refractivity contribution in [3.8, 4) is 0 Å². The average molecular weight is 290 g/mol. The molecule has 3 rings (SSSR count). The van der Waals surface area contributed by atoms with E-state index in [1.54, 1.807) is 17.7 Å². The van der Waals surface area contributed by atoms with E-state index in [0.717, 1.165) is 37.6 Å². The molecule has 2 N–H and O–H groups in total. The third-order valence-electron chi connectivity index (χ3n) is 3.59. The first-order chi connectivity index (χ1) is 9.86. The number of nitrogens with zero attached hydrogens (tertiary/aromatic N) is 3. The van der Waals surface area contributed by atoms with E-state index in [-0.39, 0.29) is 12.6 Å². The fourth-order valence-electron chi connectivity index (χ4n) is 2.51. The molecule has 1 aliphatic rings. The predicted molar refractivity (Wildman–Crippen MR) is 81.1 cm³/mol. The Morgan fingerprint density at radius 1 is 1.45 bits per heavy atom. The summed E-state index contributed by atoms with van der Waals surface area (Å²) in [5, 5.41) is 16.9. The van der Waals surface area contributed by atoms with Gasteiger partial charge in [-0.2, -0.15) is 11.3 Å². The smallest absolute Gasteiger partial charge is 0.134 e. The Hall–Kier alpha value is -1.66. The van der Waals surface area contributed by atoms with Gasteiger partial charge in [0.1, 0.15) is 18.0 Å². The molecule has 0 aliphatic carbocycles. The fourth-order valence-corrected chi connectivity index (χ4v) is 3.18. The summed E-state index contributed by atoms with van der Waals surface area (Å²) in [5.74, 6) is 1.72. The molecule has 20 heavy (non-hydrogen) atoms. The summed E-state index contributed by atoms with van der Waals surface area (Å²) in [6.07, 6.45) is 3.71. The maximum Gasteiger partial charge on any atom is 0.134 e. The quantitative estimate of drug-likeness (QED) is 0.883. The molecule has 2 aromatic rings. The Morgan fingerprint density at radius 2 is 2.40 bits per heavy atom.